The number of fused-ring (bicyclic) bond motifs is 2. The average Bonchev–Trinajstić information content (AvgIpc) is 3.25. The highest BCUT2D eigenvalue weighted by atomic mass is 16.1. The predicted octanol–water partition coefficient (Wildman–Crippen LogP) is 3.42. The Morgan fingerprint density at radius 3 is 2.52 bits per heavy atom. The van der Waals surface area contributed by atoms with Gasteiger partial charge in [0.15, 0.2) is 0 Å². The van der Waals surface area contributed by atoms with Crippen LogP contribution in [0.4, 0.5) is 0 Å². The van der Waals surface area contributed by atoms with Crippen LogP contribution in [0.1, 0.15) is 39.2 Å². The van der Waals surface area contributed by atoms with Crippen molar-refractivity contribution in [2.75, 3.05) is 0 Å². The van der Waals surface area contributed by atoms with Crippen LogP contribution < -0.4 is 11.1 Å². The molecule has 0 bridgehead atoms. The summed E-state index contributed by atoms with van der Waals surface area (Å²) in [4.78, 5) is 31.0. The number of hydrogen-bond donors (Lipinski definition) is 1. The minimum Gasteiger partial charge on any atom is -0.312 e. The van der Waals surface area contributed by atoms with Crippen molar-refractivity contribution in [3.8, 4) is 5.82 Å². The van der Waals surface area contributed by atoms with Gasteiger partial charge >= 0.3 is 0 Å². The highest BCUT2D eigenvalue weighted by Crippen LogP contribution is 2.37. The molecule has 29 heavy (non-hydrogen) atoms. The van der Waals surface area contributed by atoms with E-state index in [1.54, 1.807) is 30.6 Å². The molecule has 0 aromatic carbocycles. The molecule has 0 unspecified atom stereocenters. The van der Waals surface area contributed by atoms with Crippen molar-refractivity contribution < 1.29 is 0 Å². The molecule has 1 aliphatic carbocycles. The standard InChI is InChI=1S/C22H23N5O2/c1-13-4-3-5-19(14(13)2)26-10-7-17-15(21(26)28)12-16-18(24-17)8-11-27(22(16)29)20-6-9-23-25-20/h6-14,19H,3-5H2,1-2H3,(H,23,25)/t13-,14+,19+/m1/s1. The van der Waals surface area contributed by atoms with Crippen molar-refractivity contribution in [3.63, 3.8) is 0 Å². The van der Waals surface area contributed by atoms with Crippen LogP contribution in [0.15, 0.2) is 52.4 Å². The van der Waals surface area contributed by atoms with Gasteiger partial charge in [-0.25, -0.2) is 4.98 Å². The maximum absolute atomic E-state index is 13.3. The van der Waals surface area contributed by atoms with E-state index in [9.17, 15) is 9.59 Å². The van der Waals surface area contributed by atoms with Gasteiger partial charge < -0.3 is 4.57 Å². The van der Waals surface area contributed by atoms with E-state index in [2.05, 4.69) is 29.0 Å². The van der Waals surface area contributed by atoms with E-state index in [1.807, 2.05) is 16.8 Å². The minimum atomic E-state index is -0.226. The summed E-state index contributed by atoms with van der Waals surface area (Å²) in [7, 11) is 0. The summed E-state index contributed by atoms with van der Waals surface area (Å²) in [5, 5.41) is 7.62. The molecule has 1 N–H and O–H groups in total. The van der Waals surface area contributed by atoms with E-state index >= 15 is 0 Å². The second kappa shape index (κ2) is 6.69. The molecule has 1 fully saturated rings. The molecule has 3 atom stereocenters. The summed E-state index contributed by atoms with van der Waals surface area (Å²) in [6.07, 6.45) is 8.48. The van der Waals surface area contributed by atoms with Crippen LogP contribution in [-0.4, -0.2) is 24.3 Å². The third kappa shape index (κ3) is 2.80. The Kier molecular flexibility index (Phi) is 4.12. The molecule has 7 nitrogen and oxygen atoms in total. The van der Waals surface area contributed by atoms with E-state index in [0.717, 1.165) is 12.8 Å². The van der Waals surface area contributed by atoms with Gasteiger partial charge in [-0.05, 0) is 36.5 Å². The van der Waals surface area contributed by atoms with Crippen LogP contribution in [0.2, 0.25) is 0 Å². The van der Waals surface area contributed by atoms with Crippen molar-refractivity contribution in [1.29, 1.82) is 0 Å². The van der Waals surface area contributed by atoms with E-state index in [1.165, 1.54) is 11.0 Å². The van der Waals surface area contributed by atoms with Crippen molar-refractivity contribution >= 4 is 21.8 Å². The number of rotatable bonds is 2. The lowest BCUT2D eigenvalue weighted by atomic mass is 9.78. The number of hydrogen-bond acceptors (Lipinski definition) is 4. The highest BCUT2D eigenvalue weighted by Gasteiger charge is 2.29. The number of nitrogens with zero attached hydrogens (tertiary/aromatic N) is 4. The molecule has 1 aliphatic rings. The number of nitrogens with one attached hydrogen (secondary N) is 1. The van der Waals surface area contributed by atoms with Crippen molar-refractivity contribution in [3.05, 3.63) is 63.6 Å². The summed E-state index contributed by atoms with van der Waals surface area (Å²) < 4.78 is 3.34. The number of H-pyrrole nitrogens is 1. The molecule has 0 saturated heterocycles. The molecule has 7 heteroatoms. The third-order valence-electron chi connectivity index (χ3n) is 6.54. The summed E-state index contributed by atoms with van der Waals surface area (Å²) in [6, 6.07) is 7.28. The van der Waals surface area contributed by atoms with Gasteiger partial charge in [0.05, 0.1) is 28.0 Å². The first-order valence-electron chi connectivity index (χ1n) is 10.1. The van der Waals surface area contributed by atoms with E-state index in [4.69, 9.17) is 0 Å². The lowest BCUT2D eigenvalue weighted by Crippen LogP contribution is -2.33. The van der Waals surface area contributed by atoms with Gasteiger partial charge in [-0.2, -0.15) is 5.10 Å². The zero-order valence-electron chi connectivity index (χ0n) is 16.5. The Balaban J connectivity index is 1.72. The first-order chi connectivity index (χ1) is 14.0. The van der Waals surface area contributed by atoms with Crippen molar-refractivity contribution in [1.82, 2.24) is 24.3 Å². The molecule has 1 saturated carbocycles. The topological polar surface area (TPSA) is 85.6 Å². The Labute approximate surface area is 167 Å². The third-order valence-corrected chi connectivity index (χ3v) is 6.54. The fraction of sp³-hybridized carbons (Fsp3) is 0.364. The second-order valence-corrected chi connectivity index (χ2v) is 8.15. The number of aromatic nitrogens is 5. The maximum Gasteiger partial charge on any atom is 0.265 e. The van der Waals surface area contributed by atoms with Crippen LogP contribution in [0.25, 0.3) is 27.6 Å². The van der Waals surface area contributed by atoms with Gasteiger partial charge in [-0.3, -0.25) is 19.3 Å². The highest BCUT2D eigenvalue weighted by molar-refractivity contribution is 5.91. The average molecular weight is 389 g/mol. The Morgan fingerprint density at radius 2 is 1.76 bits per heavy atom. The molecule has 0 spiro atoms. The maximum atomic E-state index is 13.3. The smallest absolute Gasteiger partial charge is 0.265 e. The first-order valence-corrected chi connectivity index (χ1v) is 10.1. The van der Waals surface area contributed by atoms with E-state index < -0.39 is 0 Å². The lowest BCUT2D eigenvalue weighted by molar-refractivity contribution is 0.183. The molecule has 0 amide bonds. The largest absolute Gasteiger partial charge is 0.312 e. The van der Waals surface area contributed by atoms with Crippen molar-refractivity contribution in [2.24, 2.45) is 11.8 Å². The Morgan fingerprint density at radius 1 is 1.00 bits per heavy atom. The fourth-order valence-corrected chi connectivity index (χ4v) is 4.62. The monoisotopic (exact) mass is 389 g/mol. The summed E-state index contributed by atoms with van der Waals surface area (Å²) >= 11 is 0. The molecule has 0 radical (unpaired) electrons. The number of pyridine rings is 3. The molecule has 0 aliphatic heterocycles. The molecular formula is C22H23N5O2. The molecule has 4 heterocycles. The Bertz CT molecular complexity index is 1320. The van der Waals surface area contributed by atoms with Crippen LogP contribution in [0.3, 0.4) is 0 Å². The van der Waals surface area contributed by atoms with Gasteiger partial charge in [0.25, 0.3) is 11.1 Å². The van der Waals surface area contributed by atoms with Crippen LogP contribution in [-0.2, 0) is 0 Å². The summed E-state index contributed by atoms with van der Waals surface area (Å²) in [5.41, 5.74) is 0.902. The SMILES string of the molecule is C[C@H]1[C@H](C)CCC[C@@H]1n1ccc2nc3ccn(-c4ccn[nH]4)c(=O)c3cc2c1=O. The van der Waals surface area contributed by atoms with Gasteiger partial charge in [0, 0.05) is 24.5 Å². The van der Waals surface area contributed by atoms with Gasteiger partial charge in [0.2, 0.25) is 0 Å². The van der Waals surface area contributed by atoms with Gasteiger partial charge in [-0.15, -0.1) is 0 Å². The zero-order valence-corrected chi connectivity index (χ0v) is 16.5. The van der Waals surface area contributed by atoms with Crippen molar-refractivity contribution in [2.45, 2.75) is 39.2 Å². The number of aromatic amines is 1. The fourth-order valence-electron chi connectivity index (χ4n) is 4.62. The summed E-state index contributed by atoms with van der Waals surface area (Å²) in [5.74, 6) is 1.60. The first kappa shape index (κ1) is 17.8. The summed E-state index contributed by atoms with van der Waals surface area (Å²) in [6.45, 7) is 4.49. The molecular weight excluding hydrogens is 366 g/mol. The van der Waals surface area contributed by atoms with Gasteiger partial charge in [-0.1, -0.05) is 26.7 Å². The molecule has 4 aromatic heterocycles. The van der Waals surface area contributed by atoms with Crippen LogP contribution in [0, 0.1) is 11.8 Å². The molecule has 5 rings (SSSR count). The van der Waals surface area contributed by atoms with Gasteiger partial charge in [0.1, 0.15) is 5.82 Å². The lowest BCUT2D eigenvalue weighted by Gasteiger charge is -2.35. The zero-order chi connectivity index (χ0) is 20.1. The Hall–Kier alpha value is -3.22. The van der Waals surface area contributed by atoms with Crippen LogP contribution in [0.5, 0.6) is 0 Å². The quantitative estimate of drug-likeness (QED) is 0.532. The van der Waals surface area contributed by atoms with E-state index in [0.29, 0.717) is 39.5 Å². The molecule has 148 valence electrons. The molecule has 4 aromatic rings. The second-order valence-electron chi connectivity index (χ2n) is 8.15. The van der Waals surface area contributed by atoms with E-state index in [-0.39, 0.29) is 17.2 Å². The predicted molar refractivity (Wildman–Crippen MR) is 112 cm³/mol. The minimum absolute atomic E-state index is 0.0702. The normalized spacial score (nSPS) is 22.3. The van der Waals surface area contributed by atoms with Crippen LogP contribution >= 0.6 is 0 Å².